The summed E-state index contributed by atoms with van der Waals surface area (Å²) in [6.07, 6.45) is 4.53. The van der Waals surface area contributed by atoms with Gasteiger partial charge in [-0.3, -0.25) is 0 Å². The Morgan fingerprint density at radius 1 is 1.08 bits per heavy atom. The molecule has 0 aliphatic rings. The molecule has 0 saturated carbocycles. The van der Waals surface area contributed by atoms with Crippen molar-refractivity contribution in [3.63, 3.8) is 0 Å². The second-order valence-electron chi connectivity index (χ2n) is 4.92. The standard InChI is InChI=1S/C17H20N4O4/c1-22-5-4-6-25-14-9-11(8-13(23-2)15(14)24-3)7-12-10-20-17(19)21-16(12)18/h8-10H,6-7H2,1-3H3,(H4,18,19,20,21). The Bertz CT molecular complexity index is 799. The molecule has 0 fully saturated rings. The maximum atomic E-state index is 5.90. The van der Waals surface area contributed by atoms with Crippen molar-refractivity contribution in [3.8, 4) is 29.3 Å². The predicted octanol–water partition coefficient (Wildman–Crippen LogP) is 1.24. The second kappa shape index (κ2) is 8.49. The first kappa shape index (κ1) is 18.0. The fourth-order valence-corrected chi connectivity index (χ4v) is 2.20. The number of rotatable bonds is 6. The van der Waals surface area contributed by atoms with E-state index in [1.165, 1.54) is 14.2 Å². The van der Waals surface area contributed by atoms with Gasteiger partial charge < -0.3 is 30.4 Å². The zero-order valence-electron chi connectivity index (χ0n) is 14.3. The molecule has 8 nitrogen and oxygen atoms in total. The summed E-state index contributed by atoms with van der Waals surface area (Å²) < 4.78 is 21.1. The molecular weight excluding hydrogens is 324 g/mol. The van der Waals surface area contributed by atoms with Gasteiger partial charge in [0, 0.05) is 18.2 Å². The van der Waals surface area contributed by atoms with Crippen LogP contribution in [0.2, 0.25) is 0 Å². The highest BCUT2D eigenvalue weighted by Crippen LogP contribution is 2.39. The van der Waals surface area contributed by atoms with Gasteiger partial charge in [0.1, 0.15) is 11.9 Å². The van der Waals surface area contributed by atoms with Crippen LogP contribution >= 0.6 is 0 Å². The zero-order chi connectivity index (χ0) is 18.2. The van der Waals surface area contributed by atoms with E-state index in [9.17, 15) is 0 Å². The van der Waals surface area contributed by atoms with Crippen molar-refractivity contribution in [2.75, 3.05) is 39.4 Å². The summed E-state index contributed by atoms with van der Waals surface area (Å²) >= 11 is 0. The first-order chi connectivity index (χ1) is 12.1. The van der Waals surface area contributed by atoms with Crippen LogP contribution in [0.25, 0.3) is 0 Å². The van der Waals surface area contributed by atoms with Gasteiger partial charge in [0.15, 0.2) is 18.1 Å². The molecule has 1 aromatic carbocycles. The van der Waals surface area contributed by atoms with Gasteiger partial charge in [0.2, 0.25) is 11.7 Å². The van der Waals surface area contributed by atoms with Gasteiger partial charge in [0.25, 0.3) is 0 Å². The van der Waals surface area contributed by atoms with Crippen LogP contribution < -0.4 is 25.7 Å². The molecule has 0 radical (unpaired) electrons. The van der Waals surface area contributed by atoms with E-state index in [2.05, 4.69) is 26.7 Å². The Labute approximate surface area is 146 Å². The third-order valence-corrected chi connectivity index (χ3v) is 3.29. The molecule has 0 aliphatic heterocycles. The van der Waals surface area contributed by atoms with E-state index < -0.39 is 0 Å². The second-order valence-corrected chi connectivity index (χ2v) is 4.92. The summed E-state index contributed by atoms with van der Waals surface area (Å²) in [5.74, 6) is 4.68. The fraction of sp³-hybridized carbons (Fsp3) is 0.294. The average molecular weight is 344 g/mol. The van der Waals surface area contributed by atoms with Crippen molar-refractivity contribution < 1.29 is 18.9 Å². The third kappa shape index (κ3) is 4.57. The molecular formula is C17H20N4O4. The van der Waals surface area contributed by atoms with Gasteiger partial charge in [-0.2, -0.15) is 4.98 Å². The molecule has 25 heavy (non-hydrogen) atoms. The van der Waals surface area contributed by atoms with Crippen molar-refractivity contribution in [1.29, 1.82) is 0 Å². The average Bonchev–Trinajstić information content (AvgIpc) is 2.60. The van der Waals surface area contributed by atoms with Crippen LogP contribution in [-0.4, -0.2) is 37.9 Å². The van der Waals surface area contributed by atoms with E-state index in [1.54, 1.807) is 13.3 Å². The van der Waals surface area contributed by atoms with Crippen LogP contribution in [-0.2, 0) is 11.2 Å². The van der Waals surface area contributed by atoms with Crippen LogP contribution in [0.3, 0.4) is 0 Å². The molecule has 0 aliphatic carbocycles. The summed E-state index contributed by atoms with van der Waals surface area (Å²) in [6, 6.07) is 3.66. The number of ether oxygens (including phenoxy) is 4. The highest BCUT2D eigenvalue weighted by molar-refractivity contribution is 5.55. The minimum Gasteiger partial charge on any atom is -0.493 e. The molecule has 1 aromatic heterocycles. The normalized spacial score (nSPS) is 9.72. The van der Waals surface area contributed by atoms with Gasteiger partial charge in [-0.25, -0.2) is 4.98 Å². The molecule has 2 aromatic rings. The van der Waals surface area contributed by atoms with E-state index in [0.29, 0.717) is 29.5 Å². The molecule has 132 valence electrons. The summed E-state index contributed by atoms with van der Waals surface area (Å²) in [4.78, 5) is 7.94. The molecule has 2 rings (SSSR count). The Kier molecular flexibility index (Phi) is 6.12. The van der Waals surface area contributed by atoms with E-state index >= 15 is 0 Å². The van der Waals surface area contributed by atoms with Gasteiger partial charge in [-0.05, 0) is 23.6 Å². The van der Waals surface area contributed by atoms with Crippen molar-refractivity contribution in [2.24, 2.45) is 0 Å². The van der Waals surface area contributed by atoms with E-state index in [-0.39, 0.29) is 12.6 Å². The van der Waals surface area contributed by atoms with Crippen molar-refractivity contribution in [1.82, 2.24) is 9.97 Å². The molecule has 8 heteroatoms. The molecule has 0 unspecified atom stereocenters. The highest BCUT2D eigenvalue weighted by Gasteiger charge is 2.15. The zero-order valence-corrected chi connectivity index (χ0v) is 14.3. The summed E-state index contributed by atoms with van der Waals surface area (Å²) in [7, 11) is 4.57. The maximum absolute atomic E-state index is 5.90. The SMILES string of the molecule is COC#CCOc1cc(Cc2cnc(N)nc2N)cc(OC)c1OC. The maximum Gasteiger partial charge on any atom is 0.221 e. The van der Waals surface area contributed by atoms with Crippen molar-refractivity contribution in [3.05, 3.63) is 29.5 Å². The van der Waals surface area contributed by atoms with Crippen LogP contribution in [0.4, 0.5) is 11.8 Å². The predicted molar refractivity (Wildman–Crippen MR) is 93.5 cm³/mol. The monoisotopic (exact) mass is 344 g/mol. The fourth-order valence-electron chi connectivity index (χ4n) is 2.20. The van der Waals surface area contributed by atoms with E-state index in [1.807, 2.05) is 12.1 Å². The smallest absolute Gasteiger partial charge is 0.221 e. The molecule has 0 amide bonds. The van der Waals surface area contributed by atoms with Crippen LogP contribution in [0.5, 0.6) is 17.2 Å². The lowest BCUT2D eigenvalue weighted by Gasteiger charge is -2.15. The van der Waals surface area contributed by atoms with Crippen LogP contribution in [0, 0.1) is 12.0 Å². The molecule has 1 heterocycles. The van der Waals surface area contributed by atoms with Crippen molar-refractivity contribution >= 4 is 11.8 Å². The molecule has 0 spiro atoms. The minimum absolute atomic E-state index is 0.134. The topological polar surface area (TPSA) is 115 Å². The number of hydrogen-bond acceptors (Lipinski definition) is 8. The van der Waals surface area contributed by atoms with Gasteiger partial charge >= 0.3 is 0 Å². The van der Waals surface area contributed by atoms with E-state index in [0.717, 1.165) is 11.1 Å². The number of nitrogens with two attached hydrogens (primary N) is 2. The number of benzene rings is 1. The summed E-state index contributed by atoms with van der Waals surface area (Å²) in [5.41, 5.74) is 13.0. The Morgan fingerprint density at radius 2 is 1.84 bits per heavy atom. The lowest BCUT2D eigenvalue weighted by molar-refractivity contribution is 0.308. The van der Waals surface area contributed by atoms with Gasteiger partial charge in [0.05, 0.1) is 21.3 Å². The van der Waals surface area contributed by atoms with Gasteiger partial charge in [-0.15, -0.1) is 0 Å². The number of aromatic nitrogens is 2. The number of hydrogen-bond donors (Lipinski definition) is 2. The third-order valence-electron chi connectivity index (χ3n) is 3.29. The quantitative estimate of drug-likeness (QED) is 0.752. The van der Waals surface area contributed by atoms with Crippen LogP contribution in [0.15, 0.2) is 18.3 Å². The lowest BCUT2D eigenvalue weighted by Crippen LogP contribution is -2.05. The lowest BCUT2D eigenvalue weighted by atomic mass is 10.1. The molecule has 0 bridgehead atoms. The largest absolute Gasteiger partial charge is 0.493 e. The summed E-state index contributed by atoms with van der Waals surface area (Å²) in [6.45, 7) is 0.143. The minimum atomic E-state index is 0.134. The first-order valence-corrected chi connectivity index (χ1v) is 7.34. The van der Waals surface area contributed by atoms with Crippen molar-refractivity contribution in [2.45, 2.75) is 6.42 Å². The number of anilines is 2. The first-order valence-electron chi connectivity index (χ1n) is 7.34. The summed E-state index contributed by atoms with van der Waals surface area (Å²) in [5, 5.41) is 0. The Hall–Kier alpha value is -3.34. The Balaban J connectivity index is 2.34. The Morgan fingerprint density at radius 3 is 2.48 bits per heavy atom. The van der Waals surface area contributed by atoms with E-state index in [4.69, 9.17) is 25.7 Å². The number of methoxy groups -OCH3 is 3. The number of nitrogens with zero attached hydrogens (tertiary/aromatic N) is 2. The molecule has 0 saturated heterocycles. The van der Waals surface area contributed by atoms with Gasteiger partial charge in [-0.1, -0.05) is 0 Å². The molecule has 4 N–H and O–H groups in total. The highest BCUT2D eigenvalue weighted by atomic mass is 16.5. The molecule has 0 atom stereocenters. The number of nitrogen functional groups attached to an aromatic ring is 2. The van der Waals surface area contributed by atoms with Crippen LogP contribution in [0.1, 0.15) is 11.1 Å².